The number of aliphatic hydroxyl groups excluding tert-OH is 1. The SMILES string of the molecule is COc1ccc(OC)c([C@H]2C[C@@H](C)Nc3nc(CO)nn32)c1. The average molecular weight is 304 g/mol. The van der Waals surface area contributed by atoms with Crippen LogP contribution >= 0.6 is 0 Å². The molecular weight excluding hydrogens is 284 g/mol. The molecule has 22 heavy (non-hydrogen) atoms. The lowest BCUT2D eigenvalue weighted by Crippen LogP contribution is -2.31. The van der Waals surface area contributed by atoms with Crippen LogP contribution in [0.25, 0.3) is 0 Å². The quantitative estimate of drug-likeness (QED) is 0.892. The van der Waals surface area contributed by atoms with E-state index in [1.54, 1.807) is 14.2 Å². The van der Waals surface area contributed by atoms with Gasteiger partial charge in [-0.25, -0.2) is 4.68 Å². The molecule has 2 atom stereocenters. The van der Waals surface area contributed by atoms with Gasteiger partial charge in [-0.15, -0.1) is 0 Å². The first-order valence-electron chi connectivity index (χ1n) is 7.21. The van der Waals surface area contributed by atoms with Crippen LogP contribution in [-0.4, -0.2) is 40.1 Å². The molecule has 0 spiro atoms. The van der Waals surface area contributed by atoms with Gasteiger partial charge in [0.2, 0.25) is 5.95 Å². The fraction of sp³-hybridized carbons (Fsp3) is 0.467. The smallest absolute Gasteiger partial charge is 0.222 e. The van der Waals surface area contributed by atoms with Crippen LogP contribution < -0.4 is 14.8 Å². The predicted molar refractivity (Wildman–Crippen MR) is 81.3 cm³/mol. The number of hydrogen-bond acceptors (Lipinski definition) is 6. The van der Waals surface area contributed by atoms with Crippen molar-refractivity contribution in [1.82, 2.24) is 14.8 Å². The second-order valence-corrected chi connectivity index (χ2v) is 5.36. The summed E-state index contributed by atoms with van der Waals surface area (Å²) in [5.41, 5.74) is 0.992. The highest BCUT2D eigenvalue weighted by molar-refractivity contribution is 5.45. The maximum atomic E-state index is 9.28. The van der Waals surface area contributed by atoms with Crippen LogP contribution in [0.15, 0.2) is 18.2 Å². The first kappa shape index (κ1) is 14.6. The molecule has 0 amide bonds. The Hall–Kier alpha value is -2.28. The van der Waals surface area contributed by atoms with Crippen LogP contribution in [0, 0.1) is 0 Å². The highest BCUT2D eigenvalue weighted by Crippen LogP contribution is 2.37. The van der Waals surface area contributed by atoms with Crippen molar-refractivity contribution in [1.29, 1.82) is 0 Å². The number of methoxy groups -OCH3 is 2. The Kier molecular flexibility index (Phi) is 3.89. The van der Waals surface area contributed by atoms with Crippen LogP contribution in [0.1, 0.15) is 30.8 Å². The molecule has 0 saturated heterocycles. The van der Waals surface area contributed by atoms with Gasteiger partial charge in [-0.3, -0.25) is 0 Å². The number of hydrogen-bond donors (Lipinski definition) is 2. The maximum absolute atomic E-state index is 9.28. The third-order valence-electron chi connectivity index (χ3n) is 3.86. The van der Waals surface area contributed by atoms with E-state index in [0.717, 1.165) is 23.5 Å². The molecule has 2 heterocycles. The summed E-state index contributed by atoms with van der Waals surface area (Å²) < 4.78 is 12.6. The summed E-state index contributed by atoms with van der Waals surface area (Å²) in [7, 11) is 3.29. The van der Waals surface area contributed by atoms with Gasteiger partial charge >= 0.3 is 0 Å². The van der Waals surface area contributed by atoms with Gasteiger partial charge in [-0.2, -0.15) is 10.1 Å². The van der Waals surface area contributed by atoms with Gasteiger partial charge in [0, 0.05) is 11.6 Å². The lowest BCUT2D eigenvalue weighted by atomic mass is 9.97. The van der Waals surface area contributed by atoms with E-state index in [1.165, 1.54) is 0 Å². The number of nitrogens with one attached hydrogen (secondary N) is 1. The molecule has 1 aromatic carbocycles. The average Bonchev–Trinajstić information content (AvgIpc) is 2.96. The number of rotatable bonds is 4. The molecule has 2 aromatic rings. The lowest BCUT2D eigenvalue weighted by molar-refractivity contribution is 0.269. The molecule has 2 N–H and O–H groups in total. The second-order valence-electron chi connectivity index (χ2n) is 5.36. The monoisotopic (exact) mass is 304 g/mol. The summed E-state index contributed by atoms with van der Waals surface area (Å²) in [5.74, 6) is 2.62. The van der Waals surface area contributed by atoms with Crippen LogP contribution in [0.4, 0.5) is 5.95 Å². The van der Waals surface area contributed by atoms with E-state index < -0.39 is 0 Å². The van der Waals surface area contributed by atoms with E-state index in [1.807, 2.05) is 22.9 Å². The molecule has 7 nitrogen and oxygen atoms in total. The number of benzene rings is 1. The van der Waals surface area contributed by atoms with Crippen molar-refractivity contribution in [3.05, 3.63) is 29.6 Å². The van der Waals surface area contributed by atoms with E-state index in [0.29, 0.717) is 11.8 Å². The van der Waals surface area contributed by atoms with E-state index in [9.17, 15) is 5.11 Å². The summed E-state index contributed by atoms with van der Waals surface area (Å²) in [6, 6.07) is 5.94. The molecule has 1 aromatic heterocycles. The normalized spacial score (nSPS) is 20.2. The molecular formula is C15H20N4O3. The van der Waals surface area contributed by atoms with E-state index in [2.05, 4.69) is 22.3 Å². The summed E-state index contributed by atoms with van der Waals surface area (Å²) in [4.78, 5) is 4.31. The zero-order chi connectivity index (χ0) is 15.7. The molecule has 0 radical (unpaired) electrons. The molecule has 0 aliphatic carbocycles. The Morgan fingerprint density at radius 3 is 2.86 bits per heavy atom. The van der Waals surface area contributed by atoms with Crippen molar-refractivity contribution in [3.63, 3.8) is 0 Å². The molecule has 0 bridgehead atoms. The van der Waals surface area contributed by atoms with Crippen molar-refractivity contribution in [2.24, 2.45) is 0 Å². The first-order chi connectivity index (χ1) is 10.7. The molecule has 118 valence electrons. The topological polar surface area (TPSA) is 81.4 Å². The number of aromatic nitrogens is 3. The van der Waals surface area contributed by atoms with Gasteiger partial charge in [0.1, 0.15) is 18.1 Å². The Morgan fingerprint density at radius 2 is 2.18 bits per heavy atom. The van der Waals surface area contributed by atoms with Gasteiger partial charge in [0.05, 0.1) is 20.3 Å². The zero-order valence-electron chi connectivity index (χ0n) is 12.9. The largest absolute Gasteiger partial charge is 0.497 e. The summed E-state index contributed by atoms with van der Waals surface area (Å²) in [6.45, 7) is 1.91. The number of aliphatic hydroxyl groups is 1. The fourth-order valence-corrected chi connectivity index (χ4v) is 2.82. The van der Waals surface area contributed by atoms with Gasteiger partial charge in [-0.1, -0.05) is 0 Å². The molecule has 0 unspecified atom stereocenters. The highest BCUT2D eigenvalue weighted by Gasteiger charge is 2.30. The number of ether oxygens (including phenoxy) is 2. The van der Waals surface area contributed by atoms with Crippen LogP contribution in [0.2, 0.25) is 0 Å². The fourth-order valence-electron chi connectivity index (χ4n) is 2.82. The number of nitrogens with zero attached hydrogens (tertiary/aromatic N) is 3. The standard InChI is InChI=1S/C15H20N4O3/c1-9-6-12(19-15(16-9)17-14(8-20)18-19)11-7-10(21-2)4-5-13(11)22-3/h4-5,7,9,12,20H,6,8H2,1-3H3,(H,16,17,18)/t9-,12-/m1/s1. The summed E-state index contributed by atoms with van der Waals surface area (Å²) >= 11 is 0. The van der Waals surface area contributed by atoms with Crippen LogP contribution in [-0.2, 0) is 6.61 Å². The Balaban J connectivity index is 2.10. The Bertz CT molecular complexity index is 671. The molecule has 0 saturated carbocycles. The molecule has 0 fully saturated rings. The van der Waals surface area contributed by atoms with Crippen LogP contribution in [0.5, 0.6) is 11.5 Å². The van der Waals surface area contributed by atoms with Gasteiger partial charge in [0.15, 0.2) is 5.82 Å². The lowest BCUT2D eigenvalue weighted by Gasteiger charge is -2.30. The molecule has 3 rings (SSSR count). The van der Waals surface area contributed by atoms with Gasteiger partial charge in [0.25, 0.3) is 0 Å². The van der Waals surface area contributed by atoms with E-state index in [4.69, 9.17) is 9.47 Å². The zero-order valence-corrected chi connectivity index (χ0v) is 12.9. The third kappa shape index (κ3) is 2.48. The third-order valence-corrected chi connectivity index (χ3v) is 3.86. The van der Waals surface area contributed by atoms with Crippen molar-refractivity contribution in [2.45, 2.75) is 32.0 Å². The van der Waals surface area contributed by atoms with Crippen molar-refractivity contribution in [3.8, 4) is 11.5 Å². The second kappa shape index (κ2) is 5.84. The Labute approximate surface area is 128 Å². The van der Waals surface area contributed by atoms with Crippen LogP contribution in [0.3, 0.4) is 0 Å². The van der Waals surface area contributed by atoms with Crippen molar-refractivity contribution >= 4 is 5.95 Å². The summed E-state index contributed by atoms with van der Waals surface area (Å²) in [6.07, 6.45) is 0.838. The Morgan fingerprint density at radius 1 is 1.36 bits per heavy atom. The van der Waals surface area contributed by atoms with Crippen molar-refractivity contribution < 1.29 is 14.6 Å². The summed E-state index contributed by atoms with van der Waals surface area (Å²) in [5, 5.41) is 17.0. The van der Waals surface area contributed by atoms with Crippen molar-refractivity contribution in [2.75, 3.05) is 19.5 Å². The molecule has 1 aliphatic heterocycles. The van der Waals surface area contributed by atoms with Gasteiger partial charge in [-0.05, 0) is 31.5 Å². The number of anilines is 1. The highest BCUT2D eigenvalue weighted by atomic mass is 16.5. The molecule has 1 aliphatic rings. The van der Waals surface area contributed by atoms with Gasteiger partial charge < -0.3 is 19.9 Å². The maximum Gasteiger partial charge on any atom is 0.222 e. The van der Waals surface area contributed by atoms with E-state index >= 15 is 0 Å². The minimum absolute atomic E-state index is 0.0240. The first-order valence-corrected chi connectivity index (χ1v) is 7.21. The predicted octanol–water partition coefficient (Wildman–Crippen LogP) is 1.58. The number of fused-ring (bicyclic) bond motifs is 1. The minimum atomic E-state index is -0.183. The van der Waals surface area contributed by atoms with E-state index in [-0.39, 0.29) is 18.7 Å². The molecule has 7 heteroatoms. The minimum Gasteiger partial charge on any atom is -0.497 e.